The van der Waals surface area contributed by atoms with Crippen molar-refractivity contribution in [1.29, 1.82) is 0 Å². The highest BCUT2D eigenvalue weighted by molar-refractivity contribution is 5.95. The van der Waals surface area contributed by atoms with Crippen molar-refractivity contribution < 1.29 is 19.1 Å². The minimum atomic E-state index is -0.450. The van der Waals surface area contributed by atoms with Crippen molar-refractivity contribution in [3.05, 3.63) is 59.7 Å². The maximum Gasteiger partial charge on any atom is 0.337 e. The Morgan fingerprint density at radius 1 is 1.09 bits per heavy atom. The number of esters is 1. The van der Waals surface area contributed by atoms with Gasteiger partial charge in [0.25, 0.3) is 5.91 Å². The average molecular weight is 313 g/mol. The third kappa shape index (κ3) is 4.57. The number of carbonyl (C=O) groups excluding carboxylic acids is 2. The first-order valence-electron chi connectivity index (χ1n) is 7.33. The van der Waals surface area contributed by atoms with Crippen LogP contribution in [0.1, 0.15) is 22.8 Å². The van der Waals surface area contributed by atoms with Crippen LogP contribution in [0.15, 0.2) is 48.5 Å². The molecular weight excluding hydrogens is 294 g/mol. The van der Waals surface area contributed by atoms with Crippen LogP contribution < -0.4 is 10.1 Å². The highest BCUT2D eigenvalue weighted by Gasteiger charge is 2.09. The SMILES string of the molecule is CCc1ccccc1OCC(=O)Nc1cccc(C(=O)OC)c1. The van der Waals surface area contributed by atoms with Crippen molar-refractivity contribution in [2.75, 3.05) is 19.0 Å². The molecule has 0 heterocycles. The zero-order chi connectivity index (χ0) is 16.7. The Kier molecular flexibility index (Phi) is 5.74. The van der Waals surface area contributed by atoms with Gasteiger partial charge in [0.2, 0.25) is 0 Å². The van der Waals surface area contributed by atoms with Crippen molar-refractivity contribution in [2.45, 2.75) is 13.3 Å². The molecule has 23 heavy (non-hydrogen) atoms. The maximum absolute atomic E-state index is 12.0. The van der Waals surface area contributed by atoms with E-state index in [4.69, 9.17) is 4.74 Å². The first-order valence-corrected chi connectivity index (χ1v) is 7.33. The summed E-state index contributed by atoms with van der Waals surface area (Å²) in [5, 5.41) is 2.70. The van der Waals surface area contributed by atoms with E-state index in [2.05, 4.69) is 10.1 Å². The van der Waals surface area contributed by atoms with E-state index in [1.54, 1.807) is 24.3 Å². The van der Waals surface area contributed by atoms with Crippen LogP contribution in [0.25, 0.3) is 0 Å². The molecule has 0 fully saturated rings. The fourth-order valence-electron chi connectivity index (χ4n) is 2.12. The summed E-state index contributed by atoms with van der Waals surface area (Å²) in [5.41, 5.74) is 1.95. The lowest BCUT2D eigenvalue weighted by atomic mass is 10.1. The van der Waals surface area contributed by atoms with Gasteiger partial charge in [0.1, 0.15) is 5.75 Å². The Hall–Kier alpha value is -2.82. The molecule has 0 saturated heterocycles. The van der Waals surface area contributed by atoms with Gasteiger partial charge in [0, 0.05) is 5.69 Å². The maximum atomic E-state index is 12.0. The van der Waals surface area contributed by atoms with Gasteiger partial charge in [0.05, 0.1) is 12.7 Å². The quantitative estimate of drug-likeness (QED) is 0.833. The van der Waals surface area contributed by atoms with Crippen molar-refractivity contribution in [3.63, 3.8) is 0 Å². The summed E-state index contributed by atoms with van der Waals surface area (Å²) < 4.78 is 10.2. The molecule has 0 atom stereocenters. The summed E-state index contributed by atoms with van der Waals surface area (Å²) in [6.45, 7) is 1.93. The summed E-state index contributed by atoms with van der Waals surface area (Å²) in [4.78, 5) is 23.5. The molecule has 1 amide bonds. The number of aryl methyl sites for hydroxylation is 1. The van der Waals surface area contributed by atoms with Crippen molar-refractivity contribution in [3.8, 4) is 5.75 Å². The smallest absolute Gasteiger partial charge is 0.337 e. The third-order valence-corrected chi connectivity index (χ3v) is 3.28. The van der Waals surface area contributed by atoms with Gasteiger partial charge in [0.15, 0.2) is 6.61 Å². The predicted octanol–water partition coefficient (Wildman–Crippen LogP) is 3.05. The highest BCUT2D eigenvalue weighted by atomic mass is 16.5. The van der Waals surface area contributed by atoms with E-state index in [9.17, 15) is 9.59 Å². The lowest BCUT2D eigenvalue weighted by molar-refractivity contribution is -0.118. The van der Waals surface area contributed by atoms with Crippen molar-refractivity contribution >= 4 is 17.6 Å². The van der Waals surface area contributed by atoms with Crippen LogP contribution in [0.2, 0.25) is 0 Å². The number of ether oxygens (including phenoxy) is 2. The third-order valence-electron chi connectivity index (χ3n) is 3.28. The van der Waals surface area contributed by atoms with Gasteiger partial charge < -0.3 is 14.8 Å². The molecule has 0 aliphatic carbocycles. The number of methoxy groups -OCH3 is 1. The van der Waals surface area contributed by atoms with Crippen LogP contribution in [0.5, 0.6) is 5.75 Å². The van der Waals surface area contributed by atoms with Gasteiger partial charge in [-0.15, -0.1) is 0 Å². The van der Waals surface area contributed by atoms with Crippen LogP contribution in [-0.4, -0.2) is 25.6 Å². The lowest BCUT2D eigenvalue weighted by Gasteiger charge is -2.11. The van der Waals surface area contributed by atoms with Gasteiger partial charge in [-0.1, -0.05) is 31.2 Å². The Labute approximate surface area is 135 Å². The molecule has 5 heteroatoms. The first kappa shape index (κ1) is 16.5. The molecule has 2 aromatic rings. The number of hydrogen-bond acceptors (Lipinski definition) is 4. The molecular formula is C18H19NO4. The van der Waals surface area contributed by atoms with E-state index in [-0.39, 0.29) is 12.5 Å². The largest absolute Gasteiger partial charge is 0.483 e. The summed E-state index contributed by atoms with van der Waals surface area (Å²) in [7, 11) is 1.31. The Balaban J connectivity index is 1.96. The normalized spacial score (nSPS) is 10.0. The van der Waals surface area contributed by atoms with Gasteiger partial charge >= 0.3 is 5.97 Å². The Bertz CT molecular complexity index is 697. The van der Waals surface area contributed by atoms with Crippen molar-refractivity contribution in [2.24, 2.45) is 0 Å². The average Bonchev–Trinajstić information content (AvgIpc) is 2.59. The van der Waals surface area contributed by atoms with Crippen LogP contribution in [0, 0.1) is 0 Å². The zero-order valence-corrected chi connectivity index (χ0v) is 13.2. The van der Waals surface area contributed by atoms with E-state index in [0.29, 0.717) is 17.0 Å². The number of para-hydroxylation sites is 1. The molecule has 0 spiro atoms. The molecule has 120 valence electrons. The molecule has 0 aromatic heterocycles. The minimum absolute atomic E-state index is 0.0978. The summed E-state index contributed by atoms with van der Waals surface area (Å²) in [6, 6.07) is 14.2. The molecule has 0 aliphatic heterocycles. The van der Waals surface area contributed by atoms with Crippen LogP contribution in [0.4, 0.5) is 5.69 Å². The summed E-state index contributed by atoms with van der Waals surface area (Å²) in [5.74, 6) is -0.0411. The predicted molar refractivity (Wildman–Crippen MR) is 87.7 cm³/mol. The fourth-order valence-corrected chi connectivity index (χ4v) is 2.12. The first-order chi connectivity index (χ1) is 11.1. The number of carbonyl (C=O) groups is 2. The van der Waals surface area contributed by atoms with E-state index in [1.807, 2.05) is 31.2 Å². The van der Waals surface area contributed by atoms with E-state index >= 15 is 0 Å². The van der Waals surface area contributed by atoms with E-state index in [1.165, 1.54) is 7.11 Å². The van der Waals surface area contributed by atoms with Crippen molar-refractivity contribution in [1.82, 2.24) is 0 Å². The number of rotatable bonds is 6. The molecule has 0 aliphatic rings. The van der Waals surface area contributed by atoms with E-state index in [0.717, 1.165) is 12.0 Å². The highest BCUT2D eigenvalue weighted by Crippen LogP contribution is 2.18. The molecule has 0 unspecified atom stereocenters. The molecule has 0 saturated carbocycles. The number of benzene rings is 2. The molecule has 0 bridgehead atoms. The lowest BCUT2D eigenvalue weighted by Crippen LogP contribution is -2.20. The molecule has 1 N–H and O–H groups in total. The van der Waals surface area contributed by atoms with Gasteiger partial charge in [-0.2, -0.15) is 0 Å². The standard InChI is InChI=1S/C18H19NO4/c1-3-13-7-4-5-10-16(13)23-12-17(20)19-15-9-6-8-14(11-15)18(21)22-2/h4-11H,3,12H2,1-2H3,(H,19,20). The second kappa shape index (κ2) is 7.98. The molecule has 2 rings (SSSR count). The minimum Gasteiger partial charge on any atom is -0.483 e. The molecule has 2 aromatic carbocycles. The Morgan fingerprint density at radius 3 is 2.61 bits per heavy atom. The number of amides is 1. The monoisotopic (exact) mass is 313 g/mol. The van der Waals surface area contributed by atoms with Crippen LogP contribution >= 0.6 is 0 Å². The fraction of sp³-hybridized carbons (Fsp3) is 0.222. The zero-order valence-electron chi connectivity index (χ0n) is 13.2. The number of nitrogens with one attached hydrogen (secondary N) is 1. The second-order valence-corrected chi connectivity index (χ2v) is 4.87. The van der Waals surface area contributed by atoms with Gasteiger partial charge in [-0.3, -0.25) is 4.79 Å². The Morgan fingerprint density at radius 2 is 1.87 bits per heavy atom. The second-order valence-electron chi connectivity index (χ2n) is 4.87. The molecule has 5 nitrogen and oxygen atoms in total. The summed E-state index contributed by atoms with van der Waals surface area (Å²) in [6.07, 6.45) is 0.832. The van der Waals surface area contributed by atoms with Gasteiger partial charge in [-0.05, 0) is 36.2 Å². The summed E-state index contributed by atoms with van der Waals surface area (Å²) >= 11 is 0. The van der Waals surface area contributed by atoms with Gasteiger partial charge in [-0.25, -0.2) is 4.79 Å². The topological polar surface area (TPSA) is 64.6 Å². The number of hydrogen-bond donors (Lipinski definition) is 1. The van der Waals surface area contributed by atoms with E-state index < -0.39 is 5.97 Å². The van der Waals surface area contributed by atoms with Crippen LogP contribution in [0.3, 0.4) is 0 Å². The molecule has 0 radical (unpaired) electrons. The van der Waals surface area contributed by atoms with Crippen LogP contribution in [-0.2, 0) is 16.0 Å². The number of anilines is 1.